The number of carbonyl (C=O) groups excluding carboxylic acids is 2. The number of ether oxygens (including phenoxy) is 2. The minimum atomic E-state index is -3.25. The van der Waals surface area contributed by atoms with Crippen molar-refractivity contribution in [3.8, 4) is 0 Å². The van der Waals surface area contributed by atoms with Gasteiger partial charge in [-0.3, -0.25) is 4.79 Å². The first kappa shape index (κ1) is 15.7. The minimum Gasteiger partial charge on any atom is -0.464 e. The van der Waals surface area contributed by atoms with Gasteiger partial charge in [0, 0.05) is 22.8 Å². The van der Waals surface area contributed by atoms with Gasteiger partial charge in [-0.05, 0) is 18.2 Å². The number of esters is 1. The van der Waals surface area contributed by atoms with Crippen LogP contribution in [0, 0.1) is 0 Å². The number of hydrogen-bond acceptors (Lipinski definition) is 4. The van der Waals surface area contributed by atoms with Gasteiger partial charge in [-0.15, -0.1) is 0 Å². The molecule has 0 aliphatic heterocycles. The molecule has 0 bridgehead atoms. The molecular formula is C11H10Cl2FNO4. The Hall–Kier alpha value is -1.37. The van der Waals surface area contributed by atoms with Crippen LogP contribution in [0.4, 0.5) is 10.1 Å². The van der Waals surface area contributed by atoms with Crippen molar-refractivity contribution in [3.05, 3.63) is 28.2 Å². The van der Waals surface area contributed by atoms with Gasteiger partial charge in [-0.2, -0.15) is 4.39 Å². The zero-order valence-corrected chi connectivity index (χ0v) is 11.5. The average molecular weight is 310 g/mol. The summed E-state index contributed by atoms with van der Waals surface area (Å²) in [5, 5.41) is 2.60. The summed E-state index contributed by atoms with van der Waals surface area (Å²) in [5.41, 5.74) is 0.116. The lowest BCUT2D eigenvalue weighted by molar-refractivity contribution is -0.192. The number of alkyl halides is 1. The summed E-state index contributed by atoms with van der Waals surface area (Å²) in [7, 11) is 1.79. The number of amides is 1. The van der Waals surface area contributed by atoms with E-state index < -0.39 is 17.7 Å². The lowest BCUT2D eigenvalue weighted by Gasteiger charge is -2.19. The fourth-order valence-electron chi connectivity index (χ4n) is 1.24. The van der Waals surface area contributed by atoms with E-state index in [2.05, 4.69) is 14.8 Å². The van der Waals surface area contributed by atoms with Gasteiger partial charge < -0.3 is 14.8 Å². The predicted octanol–water partition coefficient (Wildman–Crippen LogP) is 2.42. The summed E-state index contributed by atoms with van der Waals surface area (Å²) in [6.07, 6.45) is 0. The summed E-state index contributed by atoms with van der Waals surface area (Å²) in [6.45, 7) is 0. The number of halogens is 3. The zero-order chi connectivity index (χ0) is 14.6. The van der Waals surface area contributed by atoms with Crippen LogP contribution in [-0.2, 0) is 19.1 Å². The molecule has 5 nitrogen and oxygen atoms in total. The molecule has 0 radical (unpaired) electrons. The molecule has 0 spiro atoms. The van der Waals surface area contributed by atoms with E-state index in [1.54, 1.807) is 0 Å². The molecule has 0 saturated heterocycles. The average Bonchev–Trinajstić information content (AvgIpc) is 2.35. The van der Waals surface area contributed by atoms with E-state index in [4.69, 9.17) is 23.2 Å². The number of rotatable bonds is 4. The fourth-order valence-corrected chi connectivity index (χ4v) is 1.76. The molecule has 0 fully saturated rings. The molecule has 0 aromatic heterocycles. The Bertz CT molecular complexity index is 491. The van der Waals surface area contributed by atoms with Crippen LogP contribution in [-0.4, -0.2) is 32.0 Å². The summed E-state index contributed by atoms with van der Waals surface area (Å²) < 4.78 is 22.4. The van der Waals surface area contributed by atoms with E-state index in [-0.39, 0.29) is 15.7 Å². The Morgan fingerprint density at radius 2 is 1.74 bits per heavy atom. The van der Waals surface area contributed by atoms with Crippen LogP contribution >= 0.6 is 23.2 Å². The lowest BCUT2D eigenvalue weighted by Crippen LogP contribution is -2.48. The number of methoxy groups -OCH3 is 2. The normalized spacial score (nSPS) is 13.5. The Labute approximate surface area is 118 Å². The Kier molecular flexibility index (Phi) is 5.11. The summed E-state index contributed by atoms with van der Waals surface area (Å²) in [5.74, 6) is -6.07. The molecule has 0 heterocycles. The molecule has 8 heteroatoms. The van der Waals surface area contributed by atoms with Crippen molar-refractivity contribution in [3.63, 3.8) is 0 Å². The first-order chi connectivity index (χ1) is 8.83. The molecule has 19 heavy (non-hydrogen) atoms. The van der Waals surface area contributed by atoms with Crippen molar-refractivity contribution in [2.75, 3.05) is 19.5 Å². The lowest BCUT2D eigenvalue weighted by atomic mass is 10.2. The molecule has 1 rings (SSSR count). The van der Waals surface area contributed by atoms with Gasteiger partial charge >= 0.3 is 17.7 Å². The first-order valence-electron chi connectivity index (χ1n) is 4.93. The minimum absolute atomic E-state index is 0.116. The van der Waals surface area contributed by atoms with Crippen molar-refractivity contribution in [2.45, 2.75) is 5.85 Å². The highest BCUT2D eigenvalue weighted by Crippen LogP contribution is 2.24. The zero-order valence-electron chi connectivity index (χ0n) is 10.00. The highest BCUT2D eigenvalue weighted by atomic mass is 35.5. The second-order valence-electron chi connectivity index (χ2n) is 3.40. The molecule has 0 aliphatic carbocycles. The summed E-state index contributed by atoms with van der Waals surface area (Å²) >= 11 is 11.4. The molecule has 1 atom stereocenters. The summed E-state index contributed by atoms with van der Waals surface area (Å²) in [4.78, 5) is 22.9. The van der Waals surface area contributed by atoms with Crippen LogP contribution in [0.3, 0.4) is 0 Å². The number of nitrogens with one attached hydrogen (secondary N) is 1. The van der Waals surface area contributed by atoms with Gasteiger partial charge in [0.25, 0.3) is 0 Å². The van der Waals surface area contributed by atoms with Gasteiger partial charge in [0.1, 0.15) is 0 Å². The van der Waals surface area contributed by atoms with Crippen LogP contribution in [0.25, 0.3) is 0 Å². The molecular weight excluding hydrogens is 300 g/mol. The molecule has 0 aliphatic rings. The van der Waals surface area contributed by atoms with Gasteiger partial charge in [0.2, 0.25) is 0 Å². The van der Waals surface area contributed by atoms with Crippen LogP contribution in [0.15, 0.2) is 18.2 Å². The maximum atomic E-state index is 14.0. The number of hydrogen-bond donors (Lipinski definition) is 1. The largest absolute Gasteiger partial charge is 0.464 e. The van der Waals surface area contributed by atoms with E-state index in [1.807, 2.05) is 0 Å². The van der Waals surface area contributed by atoms with Gasteiger partial charge in [0.15, 0.2) is 0 Å². The third kappa shape index (κ3) is 3.56. The van der Waals surface area contributed by atoms with Crippen molar-refractivity contribution >= 4 is 40.8 Å². The second kappa shape index (κ2) is 6.18. The monoisotopic (exact) mass is 309 g/mol. The topological polar surface area (TPSA) is 64.6 Å². The van der Waals surface area contributed by atoms with E-state index in [0.29, 0.717) is 0 Å². The van der Waals surface area contributed by atoms with Crippen molar-refractivity contribution in [1.82, 2.24) is 0 Å². The third-order valence-electron chi connectivity index (χ3n) is 2.14. The van der Waals surface area contributed by atoms with Crippen molar-refractivity contribution in [1.29, 1.82) is 0 Å². The second-order valence-corrected chi connectivity index (χ2v) is 4.28. The Morgan fingerprint density at radius 3 is 2.16 bits per heavy atom. The molecule has 1 amide bonds. The highest BCUT2D eigenvalue weighted by molar-refractivity contribution is 6.35. The first-order valence-corrected chi connectivity index (χ1v) is 5.69. The van der Waals surface area contributed by atoms with Crippen LogP contribution in [0.1, 0.15) is 0 Å². The third-order valence-corrected chi connectivity index (χ3v) is 2.58. The molecule has 1 aromatic rings. The molecule has 104 valence electrons. The number of carbonyl (C=O) groups is 2. The van der Waals surface area contributed by atoms with E-state index in [0.717, 1.165) is 14.2 Å². The van der Waals surface area contributed by atoms with Crippen molar-refractivity contribution in [2.24, 2.45) is 0 Å². The number of benzene rings is 1. The summed E-state index contributed by atoms with van der Waals surface area (Å²) in [6, 6.07) is 4.09. The molecule has 0 saturated carbocycles. The van der Waals surface area contributed by atoms with Gasteiger partial charge in [-0.1, -0.05) is 23.2 Å². The van der Waals surface area contributed by atoms with Gasteiger partial charge in [-0.25, -0.2) is 4.79 Å². The van der Waals surface area contributed by atoms with Gasteiger partial charge in [0.05, 0.1) is 7.11 Å². The predicted molar refractivity (Wildman–Crippen MR) is 68.0 cm³/mol. The maximum Gasteiger partial charge on any atom is 0.386 e. The van der Waals surface area contributed by atoms with E-state index >= 15 is 0 Å². The quantitative estimate of drug-likeness (QED) is 0.685. The Morgan fingerprint density at radius 1 is 1.21 bits per heavy atom. The smallest absolute Gasteiger partial charge is 0.386 e. The van der Waals surface area contributed by atoms with Crippen LogP contribution < -0.4 is 5.32 Å². The van der Waals surface area contributed by atoms with Crippen LogP contribution in [0.2, 0.25) is 10.0 Å². The molecule has 1 aromatic carbocycles. The fraction of sp³-hybridized carbons (Fsp3) is 0.273. The standard InChI is InChI=1S/C11H10Cl2FNO4/c1-18-10(17)11(14,19-2)9(16)15-8-4-6(12)3-7(13)5-8/h3-5H,1-2H3,(H,15,16). The molecule has 1 unspecified atom stereocenters. The van der Waals surface area contributed by atoms with Crippen LogP contribution in [0.5, 0.6) is 0 Å². The SMILES string of the molecule is COC(=O)C(F)(OC)C(=O)Nc1cc(Cl)cc(Cl)c1. The van der Waals surface area contributed by atoms with E-state index in [1.165, 1.54) is 18.2 Å². The Balaban J connectivity index is 2.97. The number of anilines is 1. The molecule has 1 N–H and O–H groups in total. The highest BCUT2D eigenvalue weighted by Gasteiger charge is 2.49. The van der Waals surface area contributed by atoms with Crippen molar-refractivity contribution < 1.29 is 23.5 Å². The maximum absolute atomic E-state index is 14.0. The van der Waals surface area contributed by atoms with E-state index in [9.17, 15) is 14.0 Å².